The monoisotopic (exact) mass is 355 g/mol. The number of amides is 2. The molecule has 0 aromatic heterocycles. The third kappa shape index (κ3) is 3.95. The summed E-state index contributed by atoms with van der Waals surface area (Å²) in [4.78, 5) is 26.3. The summed E-state index contributed by atoms with van der Waals surface area (Å²) in [6.07, 6.45) is -1.69. The van der Waals surface area contributed by atoms with Crippen molar-refractivity contribution in [3.63, 3.8) is 0 Å². The molecule has 2 atom stereocenters. The maximum atomic E-state index is 12.7. The van der Waals surface area contributed by atoms with Crippen LogP contribution in [0.2, 0.25) is 0 Å². The van der Waals surface area contributed by atoms with E-state index in [0.717, 1.165) is 37.9 Å². The molecule has 0 saturated carbocycles. The molecule has 0 aliphatic carbocycles. The highest BCUT2D eigenvalue weighted by Crippen LogP contribution is 2.29. The molecule has 3 rings (SSSR count). The van der Waals surface area contributed by atoms with Crippen LogP contribution in [0.4, 0.5) is 13.2 Å². The predicted molar refractivity (Wildman–Crippen MR) is 84.9 cm³/mol. The molecule has 0 radical (unpaired) electrons. The van der Waals surface area contributed by atoms with E-state index in [1.807, 2.05) is 0 Å². The van der Waals surface area contributed by atoms with Gasteiger partial charge >= 0.3 is 6.18 Å². The van der Waals surface area contributed by atoms with Gasteiger partial charge in [-0.25, -0.2) is 0 Å². The molecule has 25 heavy (non-hydrogen) atoms. The summed E-state index contributed by atoms with van der Waals surface area (Å²) >= 11 is 0. The van der Waals surface area contributed by atoms with E-state index in [2.05, 4.69) is 10.6 Å². The largest absolute Gasteiger partial charge is 0.416 e. The molecule has 2 heterocycles. The average Bonchev–Trinajstić information content (AvgIpc) is 3.07. The molecule has 0 unspecified atom stereocenters. The average molecular weight is 355 g/mol. The molecule has 5 nitrogen and oxygen atoms in total. The van der Waals surface area contributed by atoms with Crippen LogP contribution in [0, 0.1) is 0 Å². The Balaban J connectivity index is 1.59. The van der Waals surface area contributed by atoms with E-state index in [1.165, 1.54) is 12.1 Å². The first kappa shape index (κ1) is 17.7. The summed E-state index contributed by atoms with van der Waals surface area (Å²) in [6.45, 7) is 1.31. The van der Waals surface area contributed by atoms with E-state index >= 15 is 0 Å². The van der Waals surface area contributed by atoms with E-state index in [-0.39, 0.29) is 24.1 Å². The van der Waals surface area contributed by atoms with Crippen molar-refractivity contribution in [1.29, 1.82) is 0 Å². The minimum Gasteiger partial charge on any atom is -0.343 e. The minimum atomic E-state index is -4.51. The predicted octanol–water partition coefficient (Wildman–Crippen LogP) is 1.79. The number of carbonyl (C=O) groups is 2. The summed E-state index contributed by atoms with van der Waals surface area (Å²) in [5, 5.41) is 5.80. The van der Waals surface area contributed by atoms with Crippen LogP contribution in [-0.4, -0.2) is 48.4 Å². The van der Waals surface area contributed by atoms with Gasteiger partial charge in [0, 0.05) is 24.2 Å². The first-order valence-electron chi connectivity index (χ1n) is 8.34. The van der Waals surface area contributed by atoms with E-state index in [4.69, 9.17) is 0 Å². The number of halogens is 3. The Morgan fingerprint density at radius 1 is 1.28 bits per heavy atom. The standard InChI is InChI=1S/C17H20F3N3O2/c18-17(19,20)12-4-1-3-11(9-12)16(25)22-10-15(24)23-8-2-5-13-14(23)6-7-21-13/h1,3-4,9,13-14,21H,2,5-8,10H2,(H,22,25)/t13-,14-/m1/s1. The first-order valence-corrected chi connectivity index (χ1v) is 8.34. The van der Waals surface area contributed by atoms with Crippen molar-refractivity contribution in [2.75, 3.05) is 19.6 Å². The number of nitrogens with zero attached hydrogens (tertiary/aromatic N) is 1. The molecule has 2 fully saturated rings. The Bertz CT molecular complexity index is 663. The van der Waals surface area contributed by atoms with Gasteiger partial charge in [-0.15, -0.1) is 0 Å². The van der Waals surface area contributed by atoms with Gasteiger partial charge in [-0.05, 0) is 44.0 Å². The van der Waals surface area contributed by atoms with Crippen molar-refractivity contribution >= 4 is 11.8 Å². The van der Waals surface area contributed by atoms with Crippen molar-refractivity contribution in [1.82, 2.24) is 15.5 Å². The highest BCUT2D eigenvalue weighted by molar-refractivity contribution is 5.96. The highest BCUT2D eigenvalue weighted by atomic mass is 19.4. The topological polar surface area (TPSA) is 61.4 Å². The molecule has 136 valence electrons. The van der Waals surface area contributed by atoms with Crippen LogP contribution in [0.3, 0.4) is 0 Å². The molecule has 0 bridgehead atoms. The number of rotatable bonds is 3. The fourth-order valence-electron chi connectivity index (χ4n) is 3.57. The lowest BCUT2D eigenvalue weighted by Gasteiger charge is -2.37. The van der Waals surface area contributed by atoms with Crippen LogP contribution >= 0.6 is 0 Å². The molecule has 2 N–H and O–H groups in total. The number of benzene rings is 1. The lowest BCUT2D eigenvalue weighted by molar-refractivity contribution is -0.137. The van der Waals surface area contributed by atoms with Crippen molar-refractivity contribution in [2.24, 2.45) is 0 Å². The Morgan fingerprint density at radius 2 is 2.08 bits per heavy atom. The third-order valence-electron chi connectivity index (χ3n) is 4.80. The number of likely N-dealkylation sites (tertiary alicyclic amines) is 1. The van der Waals surface area contributed by atoms with Gasteiger partial charge < -0.3 is 15.5 Å². The zero-order chi connectivity index (χ0) is 18.0. The van der Waals surface area contributed by atoms with Gasteiger partial charge in [0.05, 0.1) is 12.1 Å². The Labute approximate surface area is 143 Å². The molecular weight excluding hydrogens is 335 g/mol. The highest BCUT2D eigenvalue weighted by Gasteiger charge is 2.37. The Kier molecular flexibility index (Phi) is 4.99. The zero-order valence-corrected chi connectivity index (χ0v) is 13.6. The molecule has 2 aliphatic rings. The van der Waals surface area contributed by atoms with Crippen molar-refractivity contribution in [2.45, 2.75) is 37.5 Å². The fourth-order valence-corrected chi connectivity index (χ4v) is 3.57. The van der Waals surface area contributed by atoms with Gasteiger partial charge in [-0.2, -0.15) is 13.2 Å². The third-order valence-corrected chi connectivity index (χ3v) is 4.80. The number of fused-ring (bicyclic) bond motifs is 1. The second-order valence-corrected chi connectivity index (χ2v) is 6.41. The molecule has 1 aromatic carbocycles. The van der Waals surface area contributed by atoms with Gasteiger partial charge in [0.2, 0.25) is 5.91 Å². The number of nitrogens with one attached hydrogen (secondary N) is 2. The maximum absolute atomic E-state index is 12.7. The SMILES string of the molecule is O=C(NCC(=O)N1CCC[C@H]2NCC[C@H]21)c1cccc(C(F)(F)F)c1. The summed E-state index contributed by atoms with van der Waals surface area (Å²) in [7, 11) is 0. The second kappa shape index (κ2) is 7.03. The summed E-state index contributed by atoms with van der Waals surface area (Å²) in [5.41, 5.74) is -0.996. The van der Waals surface area contributed by atoms with Crippen molar-refractivity contribution in [3.05, 3.63) is 35.4 Å². The van der Waals surface area contributed by atoms with Crippen LogP contribution in [0.15, 0.2) is 24.3 Å². The number of alkyl halides is 3. The molecule has 2 saturated heterocycles. The molecule has 8 heteroatoms. The summed E-state index contributed by atoms with van der Waals surface area (Å²) < 4.78 is 38.1. The summed E-state index contributed by atoms with van der Waals surface area (Å²) in [5.74, 6) is -0.878. The van der Waals surface area contributed by atoms with E-state index < -0.39 is 17.6 Å². The van der Waals surface area contributed by atoms with Crippen molar-refractivity contribution in [3.8, 4) is 0 Å². The molecule has 2 amide bonds. The van der Waals surface area contributed by atoms with Crippen molar-refractivity contribution < 1.29 is 22.8 Å². The first-order chi connectivity index (χ1) is 11.9. The molecule has 2 aliphatic heterocycles. The Hall–Kier alpha value is -2.09. The van der Waals surface area contributed by atoms with Crippen LogP contribution < -0.4 is 10.6 Å². The van der Waals surface area contributed by atoms with E-state index in [9.17, 15) is 22.8 Å². The van der Waals surface area contributed by atoms with E-state index in [1.54, 1.807) is 4.90 Å². The van der Waals surface area contributed by atoms with Gasteiger partial charge in [-0.3, -0.25) is 9.59 Å². The number of hydrogen-bond acceptors (Lipinski definition) is 3. The second-order valence-electron chi connectivity index (χ2n) is 6.41. The van der Waals surface area contributed by atoms with Crippen LogP contribution in [0.25, 0.3) is 0 Å². The smallest absolute Gasteiger partial charge is 0.343 e. The van der Waals surface area contributed by atoms with Gasteiger partial charge in [0.15, 0.2) is 0 Å². The van der Waals surface area contributed by atoms with Crippen LogP contribution in [-0.2, 0) is 11.0 Å². The number of piperidine rings is 1. The lowest BCUT2D eigenvalue weighted by atomic mass is 9.97. The summed E-state index contributed by atoms with van der Waals surface area (Å²) in [6, 6.07) is 4.62. The number of hydrogen-bond donors (Lipinski definition) is 2. The van der Waals surface area contributed by atoms with Crippen LogP contribution in [0.1, 0.15) is 35.2 Å². The maximum Gasteiger partial charge on any atom is 0.416 e. The Morgan fingerprint density at radius 3 is 2.84 bits per heavy atom. The van der Waals surface area contributed by atoms with E-state index in [0.29, 0.717) is 12.6 Å². The van der Waals surface area contributed by atoms with Gasteiger partial charge in [-0.1, -0.05) is 6.07 Å². The molecule has 0 spiro atoms. The lowest BCUT2D eigenvalue weighted by Crippen LogP contribution is -2.53. The van der Waals surface area contributed by atoms with Gasteiger partial charge in [0.25, 0.3) is 5.91 Å². The van der Waals surface area contributed by atoms with Gasteiger partial charge in [0.1, 0.15) is 0 Å². The van der Waals surface area contributed by atoms with Crippen LogP contribution in [0.5, 0.6) is 0 Å². The molecular formula is C17H20F3N3O2. The zero-order valence-electron chi connectivity index (χ0n) is 13.6. The molecule has 1 aromatic rings. The number of carbonyl (C=O) groups excluding carboxylic acids is 2. The minimum absolute atomic E-state index is 0.110. The fraction of sp³-hybridized carbons (Fsp3) is 0.529. The normalized spacial score (nSPS) is 23.2. The quantitative estimate of drug-likeness (QED) is 0.869.